The summed E-state index contributed by atoms with van der Waals surface area (Å²) in [4.78, 5) is 7.61. The van der Waals surface area contributed by atoms with E-state index in [1.54, 1.807) is 10.9 Å². The normalized spacial score (nSPS) is 11.9. The van der Waals surface area contributed by atoms with Crippen LogP contribution in [0, 0.1) is 0 Å². The van der Waals surface area contributed by atoms with Crippen molar-refractivity contribution in [2.45, 2.75) is 227 Å². The Morgan fingerprint density at radius 1 is 0.290 bits per heavy atom. The number of unbranched alkanes of at least 4 members (excludes halogenated alkanes) is 18. The molecule has 0 spiro atoms. The van der Waals surface area contributed by atoms with E-state index in [1.165, 1.54) is 246 Å². The molecule has 0 atom stereocenters. The minimum Gasteiger partial charge on any atom is -0.162 e. The van der Waals surface area contributed by atoms with Crippen LogP contribution in [0.5, 0.6) is 0 Å². The van der Waals surface area contributed by atoms with Gasteiger partial charge < -0.3 is 0 Å². The van der Waals surface area contributed by atoms with Crippen LogP contribution in [0.25, 0.3) is 32.3 Å². The zero-order chi connectivity index (χ0) is 44.0. The quantitative estimate of drug-likeness (QED) is 0.0248. The Morgan fingerprint density at radius 3 is 1.00 bits per heavy atom. The van der Waals surface area contributed by atoms with Gasteiger partial charge in [-0.2, -0.15) is 11.8 Å². The Balaban J connectivity index is 1.96. The van der Waals surface area contributed by atoms with Gasteiger partial charge in [0.1, 0.15) is 0 Å². The Labute approximate surface area is 408 Å². The topological polar surface area (TPSA) is 0 Å². The van der Waals surface area contributed by atoms with Crippen molar-refractivity contribution in [3.05, 3.63) is 42.0 Å². The number of hydrogen-bond acceptors (Lipinski definition) is 6. The Bertz CT molecular complexity index is 1750. The summed E-state index contributed by atoms with van der Waals surface area (Å²) in [6.45, 7) is 14.0. The average molecular weight is 954 g/mol. The fourth-order valence-corrected chi connectivity index (χ4v) is 15.0. The largest absolute Gasteiger partial charge is 0.162 e. The fraction of sp³-hybridized carbons (Fsp3) is 0.679. The first kappa shape index (κ1) is 54.4. The van der Waals surface area contributed by atoms with Gasteiger partial charge >= 0.3 is 0 Å². The van der Waals surface area contributed by atoms with Crippen LogP contribution in [0.1, 0.15) is 201 Å². The SMILES string of the molecule is CCCCCCSCCc1cc(SCCCCCC)cc2c3cc(SCCCCCC)c(SCCCCCC)cc3c3cc(SCCCCCC)c(SCCCCCC)cc3c12. The first-order valence-corrected chi connectivity index (χ1v) is 31.9. The van der Waals surface area contributed by atoms with Crippen molar-refractivity contribution in [2.75, 3.05) is 40.3 Å². The average Bonchev–Trinajstić information content (AvgIpc) is 3.28. The molecule has 62 heavy (non-hydrogen) atoms. The molecule has 0 radical (unpaired) electrons. The lowest BCUT2D eigenvalue weighted by molar-refractivity contribution is 0.706. The molecule has 348 valence electrons. The van der Waals surface area contributed by atoms with E-state index >= 15 is 0 Å². The Hall–Kier alpha value is -0.240. The van der Waals surface area contributed by atoms with Crippen molar-refractivity contribution in [3.8, 4) is 0 Å². The van der Waals surface area contributed by atoms with Crippen LogP contribution in [0.3, 0.4) is 0 Å². The molecular formula is C56H88S6. The van der Waals surface area contributed by atoms with Gasteiger partial charge in [0.15, 0.2) is 0 Å². The first-order chi connectivity index (χ1) is 30.6. The molecule has 0 N–H and O–H groups in total. The molecule has 0 nitrogen and oxygen atoms in total. The molecule has 0 amide bonds. The standard InChI is InChI=1S/C56H88S6/c1-7-13-19-25-32-57-38-31-45-39-46(58-33-26-20-14-8-2)40-50-48-42-53(60-35-28-22-16-10-4)52(59-34-27-21-15-9-3)41-47(48)49-43-54(61-36-29-23-17-11-5)55(44-51(49)56(45)50)62-37-30-24-18-12-6/h39-44H,7-38H2,1-6H3. The van der Waals surface area contributed by atoms with Crippen molar-refractivity contribution in [1.82, 2.24) is 0 Å². The van der Waals surface area contributed by atoms with Gasteiger partial charge in [0.05, 0.1) is 0 Å². The van der Waals surface area contributed by atoms with Gasteiger partial charge in [-0.25, -0.2) is 0 Å². The molecule has 0 aliphatic heterocycles. The summed E-state index contributed by atoms with van der Waals surface area (Å²) in [7, 11) is 0. The molecular weight excluding hydrogens is 865 g/mol. The Morgan fingerprint density at radius 2 is 0.613 bits per heavy atom. The second-order valence-corrected chi connectivity index (χ2v) is 24.6. The summed E-state index contributed by atoms with van der Waals surface area (Å²) < 4.78 is 0. The van der Waals surface area contributed by atoms with Gasteiger partial charge in [-0.1, -0.05) is 157 Å². The molecule has 0 saturated carbocycles. The summed E-state index contributed by atoms with van der Waals surface area (Å²) in [5.41, 5.74) is 1.59. The number of thioether (sulfide) groups is 6. The number of benzene rings is 4. The van der Waals surface area contributed by atoms with Gasteiger partial charge in [0.25, 0.3) is 0 Å². The highest BCUT2D eigenvalue weighted by molar-refractivity contribution is 8.02. The van der Waals surface area contributed by atoms with Gasteiger partial charge in [0, 0.05) is 24.5 Å². The molecule has 4 aromatic rings. The zero-order valence-corrected chi connectivity index (χ0v) is 45.4. The van der Waals surface area contributed by atoms with Gasteiger partial charge in [-0.3, -0.25) is 0 Å². The predicted octanol–water partition coefficient (Wildman–Crippen LogP) is 21.4. The Kier molecular flexibility index (Phi) is 29.9. The summed E-state index contributed by atoms with van der Waals surface area (Å²) in [6.07, 6.45) is 33.1. The maximum Gasteiger partial charge on any atom is 0.0215 e. The second-order valence-electron chi connectivity index (χ2n) is 17.7. The maximum absolute atomic E-state index is 2.70. The van der Waals surface area contributed by atoms with E-state index in [-0.39, 0.29) is 0 Å². The molecule has 0 bridgehead atoms. The maximum atomic E-state index is 2.70. The van der Waals surface area contributed by atoms with E-state index in [1.807, 2.05) is 0 Å². The third kappa shape index (κ3) is 19.2. The third-order valence-electron chi connectivity index (χ3n) is 12.2. The molecule has 0 heterocycles. The molecule has 0 fully saturated rings. The van der Waals surface area contributed by atoms with Gasteiger partial charge in [-0.05, 0) is 159 Å². The lowest BCUT2D eigenvalue weighted by Crippen LogP contribution is -1.97. The van der Waals surface area contributed by atoms with Crippen LogP contribution in [0.15, 0.2) is 60.9 Å². The highest BCUT2D eigenvalue weighted by atomic mass is 32.2. The van der Waals surface area contributed by atoms with Crippen molar-refractivity contribution >= 4 is 103 Å². The van der Waals surface area contributed by atoms with Crippen LogP contribution < -0.4 is 0 Å². The summed E-state index contributed by atoms with van der Waals surface area (Å²) in [5.74, 6) is 8.61. The molecule has 0 unspecified atom stereocenters. The van der Waals surface area contributed by atoms with E-state index < -0.39 is 0 Å². The molecule has 0 aliphatic carbocycles. The lowest BCUT2D eigenvalue weighted by Gasteiger charge is -2.20. The lowest BCUT2D eigenvalue weighted by atomic mass is 9.91. The number of hydrogen-bond donors (Lipinski definition) is 0. The molecule has 0 saturated heterocycles. The highest BCUT2D eigenvalue weighted by Gasteiger charge is 2.20. The third-order valence-corrected chi connectivity index (χ3v) is 19.1. The van der Waals surface area contributed by atoms with Crippen LogP contribution in [-0.2, 0) is 6.42 Å². The van der Waals surface area contributed by atoms with Crippen molar-refractivity contribution < 1.29 is 0 Å². The highest BCUT2D eigenvalue weighted by Crippen LogP contribution is 2.47. The molecule has 4 rings (SSSR count). The molecule has 4 aromatic carbocycles. The second kappa shape index (κ2) is 34.1. The zero-order valence-electron chi connectivity index (χ0n) is 40.5. The monoisotopic (exact) mass is 953 g/mol. The summed E-state index contributed by atoms with van der Waals surface area (Å²) >= 11 is 12.9. The number of rotatable bonds is 38. The minimum absolute atomic E-state index is 1.15. The smallest absolute Gasteiger partial charge is 0.0215 e. The van der Waals surface area contributed by atoms with Crippen LogP contribution in [0.4, 0.5) is 0 Å². The fourth-order valence-electron chi connectivity index (χ4n) is 8.41. The van der Waals surface area contributed by atoms with Crippen LogP contribution in [-0.4, -0.2) is 40.3 Å². The predicted molar refractivity (Wildman–Crippen MR) is 298 cm³/mol. The van der Waals surface area contributed by atoms with E-state index in [9.17, 15) is 0 Å². The van der Waals surface area contributed by atoms with E-state index in [4.69, 9.17) is 0 Å². The van der Waals surface area contributed by atoms with Crippen LogP contribution in [0.2, 0.25) is 0 Å². The van der Waals surface area contributed by atoms with Crippen molar-refractivity contribution in [1.29, 1.82) is 0 Å². The summed E-state index contributed by atoms with van der Waals surface area (Å²) in [5, 5.41) is 9.08. The van der Waals surface area contributed by atoms with Gasteiger partial charge in [-0.15, -0.1) is 58.8 Å². The van der Waals surface area contributed by atoms with E-state index in [0.29, 0.717) is 0 Å². The van der Waals surface area contributed by atoms with E-state index in [0.717, 1.165) is 6.42 Å². The number of aryl methyl sites for hydroxylation is 1. The van der Waals surface area contributed by atoms with Crippen LogP contribution >= 0.6 is 70.6 Å². The molecule has 0 aromatic heterocycles. The minimum atomic E-state index is 1.15. The summed E-state index contributed by atoms with van der Waals surface area (Å²) in [6, 6.07) is 16.0. The molecule has 6 heteroatoms. The number of fused-ring (bicyclic) bond motifs is 6. The van der Waals surface area contributed by atoms with Gasteiger partial charge in [0.2, 0.25) is 0 Å². The van der Waals surface area contributed by atoms with Crippen molar-refractivity contribution in [2.24, 2.45) is 0 Å². The molecule has 0 aliphatic rings. The van der Waals surface area contributed by atoms with E-state index in [2.05, 4.69) is 149 Å². The first-order valence-electron chi connectivity index (χ1n) is 25.9. The van der Waals surface area contributed by atoms with Crippen molar-refractivity contribution in [3.63, 3.8) is 0 Å².